The molecule has 1 aliphatic rings. The van der Waals surface area contributed by atoms with Crippen molar-refractivity contribution < 1.29 is 0 Å². The molecule has 2 heteroatoms. The molecule has 3 aromatic rings. The second-order valence-electron chi connectivity index (χ2n) is 4.94. The zero-order valence-corrected chi connectivity index (χ0v) is 10.6. The number of nitrogens with zero attached hydrogens (tertiary/aromatic N) is 1. The Bertz CT molecular complexity index is 762. The first-order valence-electron chi connectivity index (χ1n) is 6.63. The quantitative estimate of drug-likeness (QED) is 0.705. The van der Waals surface area contributed by atoms with Crippen LogP contribution < -0.4 is 5.32 Å². The second-order valence-corrected chi connectivity index (χ2v) is 4.94. The van der Waals surface area contributed by atoms with E-state index < -0.39 is 0 Å². The van der Waals surface area contributed by atoms with Crippen LogP contribution in [0.2, 0.25) is 0 Å². The molecule has 0 fully saturated rings. The van der Waals surface area contributed by atoms with Crippen molar-refractivity contribution in [1.82, 2.24) is 4.98 Å². The molecule has 2 heterocycles. The lowest BCUT2D eigenvalue weighted by Crippen LogP contribution is -1.91. The van der Waals surface area contributed by atoms with Crippen LogP contribution in [0, 0.1) is 0 Å². The Morgan fingerprint density at radius 1 is 0.947 bits per heavy atom. The Balaban J connectivity index is 1.85. The third kappa shape index (κ3) is 1.76. The number of anilines is 1. The number of nitrogens with one attached hydrogen (secondary N) is 1. The number of para-hydroxylation sites is 1. The monoisotopic (exact) mass is 246 g/mol. The summed E-state index contributed by atoms with van der Waals surface area (Å²) >= 11 is 0. The van der Waals surface area contributed by atoms with E-state index in [4.69, 9.17) is 4.98 Å². The molecule has 0 spiro atoms. The fourth-order valence-corrected chi connectivity index (χ4v) is 2.68. The van der Waals surface area contributed by atoms with Crippen LogP contribution in [0.4, 0.5) is 5.69 Å². The lowest BCUT2D eigenvalue weighted by molar-refractivity contribution is 1.11. The van der Waals surface area contributed by atoms with Crippen LogP contribution in [0.25, 0.3) is 22.2 Å². The maximum absolute atomic E-state index is 4.74. The molecule has 0 aliphatic carbocycles. The maximum Gasteiger partial charge on any atom is 0.0710 e. The van der Waals surface area contributed by atoms with Gasteiger partial charge in [0.2, 0.25) is 0 Å². The van der Waals surface area contributed by atoms with Gasteiger partial charge in [-0.1, -0.05) is 36.4 Å². The van der Waals surface area contributed by atoms with E-state index in [-0.39, 0.29) is 0 Å². The normalized spacial score (nSPS) is 13.3. The number of hydrogen-bond donors (Lipinski definition) is 1. The number of hydrogen-bond acceptors (Lipinski definition) is 2. The molecule has 0 saturated heterocycles. The highest BCUT2D eigenvalue weighted by Gasteiger charge is 2.11. The molecule has 0 bridgehead atoms. The van der Waals surface area contributed by atoms with Crippen molar-refractivity contribution in [1.29, 1.82) is 0 Å². The molecular formula is C17H14N2. The molecule has 0 radical (unpaired) electrons. The van der Waals surface area contributed by atoms with Gasteiger partial charge in [0.15, 0.2) is 0 Å². The minimum Gasteiger partial charge on any atom is -0.384 e. The molecule has 2 aromatic carbocycles. The van der Waals surface area contributed by atoms with Crippen LogP contribution in [-0.2, 0) is 6.42 Å². The first-order chi connectivity index (χ1) is 9.40. The summed E-state index contributed by atoms with van der Waals surface area (Å²) in [4.78, 5) is 4.74. The van der Waals surface area contributed by atoms with Gasteiger partial charge in [-0.05, 0) is 30.2 Å². The Hall–Kier alpha value is -2.35. The van der Waals surface area contributed by atoms with Crippen LogP contribution in [0.1, 0.15) is 5.56 Å². The van der Waals surface area contributed by atoms with Crippen molar-refractivity contribution in [2.45, 2.75) is 6.42 Å². The summed E-state index contributed by atoms with van der Waals surface area (Å²) in [5, 5.41) is 4.61. The minimum atomic E-state index is 1.04. The van der Waals surface area contributed by atoms with Crippen LogP contribution in [0.3, 0.4) is 0 Å². The Labute approximate surface area is 112 Å². The standard InChI is InChI=1S/C17H14N2/c1-2-4-15-12(3-1)7-8-16(19-15)14-6-5-13-9-10-18-17(13)11-14/h1-8,11,18H,9-10H2. The predicted octanol–water partition coefficient (Wildman–Crippen LogP) is 3.87. The van der Waals surface area contributed by atoms with Gasteiger partial charge in [-0.2, -0.15) is 0 Å². The summed E-state index contributed by atoms with van der Waals surface area (Å²) < 4.78 is 0. The van der Waals surface area contributed by atoms with Gasteiger partial charge < -0.3 is 5.32 Å². The summed E-state index contributed by atoms with van der Waals surface area (Å²) in [7, 11) is 0. The highest BCUT2D eigenvalue weighted by molar-refractivity contribution is 5.82. The third-order valence-electron chi connectivity index (χ3n) is 3.71. The van der Waals surface area contributed by atoms with E-state index >= 15 is 0 Å². The zero-order valence-electron chi connectivity index (χ0n) is 10.6. The molecule has 1 aliphatic heterocycles. The number of pyridine rings is 1. The molecule has 0 atom stereocenters. The number of aromatic nitrogens is 1. The van der Waals surface area contributed by atoms with Gasteiger partial charge in [-0.3, -0.25) is 0 Å². The Morgan fingerprint density at radius 3 is 2.89 bits per heavy atom. The van der Waals surface area contributed by atoms with Gasteiger partial charge in [-0.25, -0.2) is 4.98 Å². The van der Waals surface area contributed by atoms with Gasteiger partial charge in [-0.15, -0.1) is 0 Å². The molecule has 1 N–H and O–H groups in total. The lowest BCUT2D eigenvalue weighted by Gasteiger charge is -2.06. The van der Waals surface area contributed by atoms with E-state index in [1.165, 1.54) is 22.2 Å². The van der Waals surface area contributed by atoms with Crippen LogP contribution in [0.5, 0.6) is 0 Å². The SMILES string of the molecule is c1ccc2nc(-c3ccc4c(c3)NCC4)ccc2c1. The number of rotatable bonds is 1. The Kier molecular flexibility index (Phi) is 2.27. The van der Waals surface area contributed by atoms with Gasteiger partial charge >= 0.3 is 0 Å². The van der Waals surface area contributed by atoms with E-state index in [1.807, 2.05) is 12.1 Å². The van der Waals surface area contributed by atoms with Gasteiger partial charge in [0.05, 0.1) is 11.2 Å². The summed E-state index contributed by atoms with van der Waals surface area (Å²) in [5.41, 5.74) is 5.93. The topological polar surface area (TPSA) is 24.9 Å². The van der Waals surface area contributed by atoms with Crippen molar-refractivity contribution in [2.75, 3.05) is 11.9 Å². The second kappa shape index (κ2) is 4.09. The zero-order chi connectivity index (χ0) is 12.7. The van der Waals surface area contributed by atoms with Crippen molar-refractivity contribution in [3.8, 4) is 11.3 Å². The average molecular weight is 246 g/mol. The average Bonchev–Trinajstić information content (AvgIpc) is 2.94. The fraction of sp³-hybridized carbons (Fsp3) is 0.118. The van der Waals surface area contributed by atoms with Crippen LogP contribution >= 0.6 is 0 Å². The van der Waals surface area contributed by atoms with Crippen molar-refractivity contribution in [3.63, 3.8) is 0 Å². The van der Waals surface area contributed by atoms with Crippen molar-refractivity contribution in [3.05, 3.63) is 60.2 Å². The summed E-state index contributed by atoms with van der Waals surface area (Å²) in [5.74, 6) is 0. The molecule has 92 valence electrons. The molecule has 0 saturated carbocycles. The van der Waals surface area contributed by atoms with Gasteiger partial charge in [0.25, 0.3) is 0 Å². The van der Waals surface area contributed by atoms with Crippen molar-refractivity contribution in [2.24, 2.45) is 0 Å². The van der Waals surface area contributed by atoms with Crippen LogP contribution in [0.15, 0.2) is 54.6 Å². The van der Waals surface area contributed by atoms with Gasteiger partial charge in [0.1, 0.15) is 0 Å². The van der Waals surface area contributed by atoms with E-state index in [1.54, 1.807) is 0 Å². The third-order valence-corrected chi connectivity index (χ3v) is 3.71. The minimum absolute atomic E-state index is 1.04. The highest BCUT2D eigenvalue weighted by Crippen LogP contribution is 2.28. The largest absolute Gasteiger partial charge is 0.384 e. The van der Waals surface area contributed by atoms with E-state index in [2.05, 4.69) is 47.8 Å². The van der Waals surface area contributed by atoms with Crippen LogP contribution in [-0.4, -0.2) is 11.5 Å². The molecule has 2 nitrogen and oxygen atoms in total. The van der Waals surface area contributed by atoms with Crippen molar-refractivity contribution >= 4 is 16.6 Å². The molecule has 4 rings (SSSR count). The number of fused-ring (bicyclic) bond motifs is 2. The summed E-state index contributed by atoms with van der Waals surface area (Å²) in [6.07, 6.45) is 1.13. The summed E-state index contributed by atoms with van der Waals surface area (Å²) in [6, 6.07) is 19.1. The Morgan fingerprint density at radius 2 is 1.89 bits per heavy atom. The lowest BCUT2D eigenvalue weighted by atomic mass is 10.1. The maximum atomic E-state index is 4.74. The molecular weight excluding hydrogens is 232 g/mol. The fourth-order valence-electron chi connectivity index (χ4n) is 2.68. The highest BCUT2D eigenvalue weighted by atomic mass is 14.9. The van der Waals surface area contributed by atoms with Gasteiger partial charge in [0, 0.05) is 23.2 Å². The predicted molar refractivity (Wildman–Crippen MR) is 79.4 cm³/mol. The molecule has 1 aromatic heterocycles. The molecule has 0 unspecified atom stereocenters. The molecule has 0 amide bonds. The van der Waals surface area contributed by atoms with E-state index in [0.29, 0.717) is 0 Å². The molecule has 19 heavy (non-hydrogen) atoms. The van der Waals surface area contributed by atoms with E-state index in [9.17, 15) is 0 Å². The first-order valence-corrected chi connectivity index (χ1v) is 6.63. The number of benzene rings is 2. The smallest absolute Gasteiger partial charge is 0.0710 e. The first kappa shape index (κ1) is 10.6. The summed E-state index contributed by atoms with van der Waals surface area (Å²) in [6.45, 7) is 1.05. The van der Waals surface area contributed by atoms with E-state index in [0.717, 1.165) is 24.2 Å².